The Labute approximate surface area is 183 Å². The van der Waals surface area contributed by atoms with Crippen LogP contribution in [0, 0.1) is 0 Å². The van der Waals surface area contributed by atoms with E-state index in [1.165, 1.54) is 17.2 Å². The summed E-state index contributed by atoms with van der Waals surface area (Å²) in [5, 5.41) is 3.37. The van der Waals surface area contributed by atoms with E-state index in [0.717, 1.165) is 10.9 Å². The Bertz CT molecular complexity index is 1210. The van der Waals surface area contributed by atoms with Gasteiger partial charge in [0.15, 0.2) is 5.11 Å². The van der Waals surface area contributed by atoms with Crippen LogP contribution in [0.3, 0.4) is 0 Å². The van der Waals surface area contributed by atoms with Crippen molar-refractivity contribution in [2.24, 2.45) is 0 Å². The third-order valence-corrected chi connectivity index (χ3v) is 5.13. The SMILES string of the molecule is CCOC(=O)Cn1cc(C=C2C(=O)NC(=S)N(Cc3ccco3)C2=O)c2ccccc21. The molecule has 1 fully saturated rings. The van der Waals surface area contributed by atoms with Crippen LogP contribution < -0.4 is 5.32 Å². The molecular formula is C22H19N3O5S. The van der Waals surface area contributed by atoms with E-state index < -0.39 is 11.8 Å². The zero-order valence-corrected chi connectivity index (χ0v) is 17.5. The van der Waals surface area contributed by atoms with Crippen LogP contribution in [0.15, 0.2) is 58.8 Å². The number of nitrogens with zero attached hydrogens (tertiary/aromatic N) is 2. The monoisotopic (exact) mass is 437 g/mol. The van der Waals surface area contributed by atoms with E-state index in [1.807, 2.05) is 24.3 Å². The lowest BCUT2D eigenvalue weighted by Gasteiger charge is -2.28. The quantitative estimate of drug-likeness (QED) is 0.276. The molecule has 1 N–H and O–H groups in total. The molecule has 0 bridgehead atoms. The Hall–Kier alpha value is -3.72. The van der Waals surface area contributed by atoms with E-state index in [1.54, 1.807) is 29.8 Å². The van der Waals surface area contributed by atoms with E-state index in [0.29, 0.717) is 11.3 Å². The van der Waals surface area contributed by atoms with Gasteiger partial charge in [0.25, 0.3) is 11.8 Å². The van der Waals surface area contributed by atoms with Crippen molar-refractivity contribution < 1.29 is 23.5 Å². The van der Waals surface area contributed by atoms with E-state index in [4.69, 9.17) is 21.4 Å². The molecule has 0 saturated carbocycles. The largest absolute Gasteiger partial charge is 0.467 e. The number of ether oxygens (including phenoxy) is 1. The van der Waals surface area contributed by atoms with Gasteiger partial charge in [-0.15, -0.1) is 0 Å². The molecule has 0 radical (unpaired) electrons. The number of carbonyl (C=O) groups excluding carboxylic acids is 3. The van der Waals surface area contributed by atoms with Crippen molar-refractivity contribution in [3.8, 4) is 0 Å². The van der Waals surface area contributed by atoms with E-state index in [2.05, 4.69) is 5.32 Å². The smallest absolute Gasteiger partial charge is 0.325 e. The topological polar surface area (TPSA) is 93.8 Å². The van der Waals surface area contributed by atoms with Gasteiger partial charge in [0, 0.05) is 22.7 Å². The molecule has 8 nitrogen and oxygen atoms in total. The normalized spacial score (nSPS) is 15.6. The third kappa shape index (κ3) is 4.13. The number of amides is 2. The number of esters is 1. The summed E-state index contributed by atoms with van der Waals surface area (Å²) in [4.78, 5) is 38.9. The van der Waals surface area contributed by atoms with Crippen LogP contribution in [0.25, 0.3) is 17.0 Å². The Balaban J connectivity index is 1.71. The summed E-state index contributed by atoms with van der Waals surface area (Å²) in [6.45, 7) is 2.15. The Morgan fingerprint density at radius 2 is 2.03 bits per heavy atom. The number of furan rings is 1. The molecule has 1 aliphatic rings. The fourth-order valence-corrected chi connectivity index (χ4v) is 3.66. The number of carbonyl (C=O) groups is 3. The molecule has 0 unspecified atom stereocenters. The molecule has 1 aromatic carbocycles. The van der Waals surface area contributed by atoms with Crippen molar-refractivity contribution in [3.05, 3.63) is 65.8 Å². The molecule has 1 saturated heterocycles. The van der Waals surface area contributed by atoms with Crippen LogP contribution in [-0.4, -0.2) is 39.0 Å². The second kappa shape index (κ2) is 8.57. The first-order valence-corrected chi connectivity index (χ1v) is 10.0. The number of fused-ring (bicyclic) bond motifs is 1. The maximum absolute atomic E-state index is 13.1. The molecule has 2 amide bonds. The van der Waals surface area contributed by atoms with Gasteiger partial charge in [-0.05, 0) is 43.4 Å². The van der Waals surface area contributed by atoms with Gasteiger partial charge >= 0.3 is 5.97 Å². The number of aromatic nitrogens is 1. The molecule has 31 heavy (non-hydrogen) atoms. The van der Waals surface area contributed by atoms with Crippen molar-refractivity contribution >= 4 is 52.1 Å². The highest BCUT2D eigenvalue weighted by Crippen LogP contribution is 2.25. The fourth-order valence-electron chi connectivity index (χ4n) is 3.42. The number of hydrogen-bond acceptors (Lipinski definition) is 6. The molecule has 0 spiro atoms. The van der Waals surface area contributed by atoms with Crippen LogP contribution in [-0.2, 0) is 32.2 Å². The van der Waals surface area contributed by atoms with Gasteiger partial charge in [-0.1, -0.05) is 18.2 Å². The van der Waals surface area contributed by atoms with Crippen LogP contribution in [0.5, 0.6) is 0 Å². The van der Waals surface area contributed by atoms with Crippen molar-refractivity contribution in [2.45, 2.75) is 20.0 Å². The van der Waals surface area contributed by atoms with E-state index in [9.17, 15) is 14.4 Å². The zero-order chi connectivity index (χ0) is 22.0. The highest BCUT2D eigenvalue weighted by Gasteiger charge is 2.34. The molecule has 0 atom stereocenters. The summed E-state index contributed by atoms with van der Waals surface area (Å²) in [5.74, 6) is -0.929. The minimum Gasteiger partial charge on any atom is -0.467 e. The highest BCUT2D eigenvalue weighted by molar-refractivity contribution is 7.80. The van der Waals surface area contributed by atoms with Gasteiger partial charge in [0.2, 0.25) is 0 Å². The summed E-state index contributed by atoms with van der Waals surface area (Å²) in [6.07, 6.45) is 4.73. The molecule has 3 heterocycles. The van der Waals surface area contributed by atoms with E-state index in [-0.39, 0.29) is 36.4 Å². The number of thiocarbonyl (C=S) groups is 1. The standard InChI is InChI=1S/C22H19N3O5S/c1-2-29-19(26)13-24-11-14(16-7-3-4-8-18(16)24)10-17-20(27)23-22(31)25(21(17)28)12-15-6-5-9-30-15/h3-11H,2,12-13H2,1H3,(H,23,27,31). The molecule has 9 heteroatoms. The van der Waals surface area contributed by atoms with Crippen molar-refractivity contribution in [2.75, 3.05) is 6.61 Å². The molecule has 3 aromatic rings. The van der Waals surface area contributed by atoms with Crippen LogP contribution in [0.2, 0.25) is 0 Å². The third-order valence-electron chi connectivity index (χ3n) is 4.80. The first kappa shape index (κ1) is 20.5. The molecular weight excluding hydrogens is 418 g/mol. The predicted molar refractivity (Wildman–Crippen MR) is 117 cm³/mol. The Kier molecular flexibility index (Phi) is 5.68. The molecule has 2 aromatic heterocycles. The first-order chi connectivity index (χ1) is 15.0. The Morgan fingerprint density at radius 1 is 1.23 bits per heavy atom. The minimum atomic E-state index is -0.576. The average molecular weight is 437 g/mol. The van der Waals surface area contributed by atoms with Gasteiger partial charge < -0.3 is 13.7 Å². The van der Waals surface area contributed by atoms with Gasteiger partial charge in [0.05, 0.1) is 19.4 Å². The highest BCUT2D eigenvalue weighted by atomic mass is 32.1. The second-order valence-corrected chi connectivity index (χ2v) is 7.21. The van der Waals surface area contributed by atoms with Crippen molar-refractivity contribution in [3.63, 3.8) is 0 Å². The summed E-state index contributed by atoms with van der Waals surface area (Å²) in [6, 6.07) is 10.8. The van der Waals surface area contributed by atoms with Crippen molar-refractivity contribution in [1.82, 2.24) is 14.8 Å². The van der Waals surface area contributed by atoms with Crippen LogP contribution in [0.4, 0.5) is 0 Å². The number of hydrogen-bond donors (Lipinski definition) is 1. The molecule has 4 rings (SSSR count). The fraction of sp³-hybridized carbons (Fsp3) is 0.182. The van der Waals surface area contributed by atoms with Gasteiger partial charge in [0.1, 0.15) is 17.9 Å². The molecule has 158 valence electrons. The predicted octanol–water partition coefficient (Wildman–Crippen LogP) is 2.62. The van der Waals surface area contributed by atoms with Crippen LogP contribution in [0.1, 0.15) is 18.2 Å². The van der Waals surface area contributed by atoms with E-state index >= 15 is 0 Å². The molecule has 1 aliphatic heterocycles. The lowest BCUT2D eigenvalue weighted by Crippen LogP contribution is -2.53. The Morgan fingerprint density at radius 3 is 2.77 bits per heavy atom. The van der Waals surface area contributed by atoms with Gasteiger partial charge in [-0.3, -0.25) is 24.6 Å². The lowest BCUT2D eigenvalue weighted by atomic mass is 10.1. The van der Waals surface area contributed by atoms with Gasteiger partial charge in [-0.25, -0.2) is 0 Å². The summed E-state index contributed by atoms with van der Waals surface area (Å²) < 4.78 is 12.1. The molecule has 0 aliphatic carbocycles. The summed E-state index contributed by atoms with van der Waals surface area (Å²) >= 11 is 5.17. The number of para-hydroxylation sites is 1. The number of rotatable bonds is 6. The average Bonchev–Trinajstić information content (AvgIpc) is 3.37. The lowest BCUT2D eigenvalue weighted by molar-refractivity contribution is -0.143. The van der Waals surface area contributed by atoms with Crippen LogP contribution >= 0.6 is 12.2 Å². The summed E-state index contributed by atoms with van der Waals surface area (Å²) in [5.41, 5.74) is 1.36. The minimum absolute atomic E-state index is 0.0202. The number of benzene rings is 1. The zero-order valence-electron chi connectivity index (χ0n) is 16.7. The second-order valence-electron chi connectivity index (χ2n) is 6.82. The summed E-state index contributed by atoms with van der Waals surface area (Å²) in [7, 11) is 0. The maximum Gasteiger partial charge on any atom is 0.325 e. The van der Waals surface area contributed by atoms with Crippen molar-refractivity contribution in [1.29, 1.82) is 0 Å². The maximum atomic E-state index is 13.1. The number of nitrogens with one attached hydrogen (secondary N) is 1. The first-order valence-electron chi connectivity index (χ1n) is 9.62. The van der Waals surface area contributed by atoms with Gasteiger partial charge in [-0.2, -0.15) is 0 Å².